The Balaban J connectivity index is 2.11. The van der Waals surface area contributed by atoms with Gasteiger partial charge in [-0.1, -0.05) is 12.1 Å². The summed E-state index contributed by atoms with van der Waals surface area (Å²) in [7, 11) is -9.30. The van der Waals surface area contributed by atoms with Crippen LogP contribution in [0, 0.1) is 6.92 Å². The second kappa shape index (κ2) is 8.36. The van der Waals surface area contributed by atoms with Crippen LogP contribution in [-0.4, -0.2) is 31.5 Å². The van der Waals surface area contributed by atoms with E-state index in [1.54, 1.807) is 6.92 Å². The fourth-order valence-electron chi connectivity index (χ4n) is 3.52. The quantitative estimate of drug-likeness (QED) is 0.382. The molecule has 0 heterocycles. The summed E-state index contributed by atoms with van der Waals surface area (Å²) in [5.74, 6) is 0. The number of benzene rings is 3. The van der Waals surface area contributed by atoms with Crippen molar-refractivity contribution in [3.05, 3.63) is 59.7 Å². The van der Waals surface area contributed by atoms with E-state index in [-0.39, 0.29) is 16.3 Å². The molecule has 4 N–H and O–H groups in total. The third-order valence-electron chi connectivity index (χ3n) is 4.67. The third-order valence-corrected chi connectivity index (χ3v) is 6.46. The molecule has 0 aliphatic heterocycles. The molecular weight excluding hydrogens is 452 g/mol. The molecule has 0 saturated carbocycles. The van der Waals surface area contributed by atoms with Crippen molar-refractivity contribution in [3.63, 3.8) is 0 Å². The Morgan fingerprint density at radius 3 is 2.12 bits per heavy atom. The van der Waals surface area contributed by atoms with Crippen molar-refractivity contribution in [3.8, 4) is 0 Å². The fraction of sp³-hybridized carbons (Fsp3) is 0.273. The van der Waals surface area contributed by atoms with E-state index >= 15 is 0 Å². The monoisotopic (exact) mass is 478 g/mol. The van der Waals surface area contributed by atoms with Crippen LogP contribution >= 0.6 is 0 Å². The van der Waals surface area contributed by atoms with Gasteiger partial charge in [-0.15, -0.1) is 0 Å². The Kier molecular flexibility index (Phi) is 6.27. The normalized spacial score (nSPS) is 12.7. The number of rotatable bonds is 6. The van der Waals surface area contributed by atoms with Crippen molar-refractivity contribution < 1.29 is 25.9 Å². The highest BCUT2D eigenvalue weighted by molar-refractivity contribution is 7.86. The van der Waals surface area contributed by atoms with Crippen molar-refractivity contribution in [1.29, 1.82) is 0 Å². The van der Waals surface area contributed by atoms with E-state index in [2.05, 4.69) is 10.6 Å². The summed E-state index contributed by atoms with van der Waals surface area (Å²) in [5, 5.41) is 6.48. The number of nitrogens with one attached hydrogen (secondary N) is 2. The first-order valence-electron chi connectivity index (χ1n) is 9.78. The standard InChI is InChI=1S/C22H26N2O6S2/c1-14-10-17-19(31(25,26)27)9-8-18(21(17)20(11-14)32(28,29)30)23-13-15-6-5-7-16(12-15)24-22(2,3)4/h5-12,23-24H,13H2,1-4H3,(H,25,26,27)(H,28,29,30). The van der Waals surface area contributed by atoms with Gasteiger partial charge in [0.2, 0.25) is 0 Å². The van der Waals surface area contributed by atoms with Gasteiger partial charge < -0.3 is 10.6 Å². The van der Waals surface area contributed by atoms with E-state index in [9.17, 15) is 25.9 Å². The van der Waals surface area contributed by atoms with E-state index in [1.165, 1.54) is 24.3 Å². The Bertz CT molecular complexity index is 1390. The van der Waals surface area contributed by atoms with Gasteiger partial charge in [0.1, 0.15) is 9.79 Å². The van der Waals surface area contributed by atoms with Crippen molar-refractivity contribution in [2.24, 2.45) is 0 Å². The maximum atomic E-state index is 12.1. The van der Waals surface area contributed by atoms with Gasteiger partial charge in [0, 0.05) is 34.2 Å². The lowest BCUT2D eigenvalue weighted by Gasteiger charge is -2.22. The smallest absolute Gasteiger partial charge is 0.295 e. The molecule has 0 radical (unpaired) electrons. The van der Waals surface area contributed by atoms with Gasteiger partial charge in [-0.05, 0) is 75.2 Å². The van der Waals surface area contributed by atoms with Crippen LogP contribution in [0.2, 0.25) is 0 Å². The lowest BCUT2D eigenvalue weighted by molar-refractivity contribution is 0.481. The molecule has 0 aromatic heterocycles. The number of hydrogen-bond acceptors (Lipinski definition) is 6. The maximum Gasteiger partial charge on any atom is 0.295 e. The zero-order chi connectivity index (χ0) is 23.9. The zero-order valence-corrected chi connectivity index (χ0v) is 19.8. The van der Waals surface area contributed by atoms with E-state index in [0.717, 1.165) is 11.3 Å². The van der Waals surface area contributed by atoms with Gasteiger partial charge >= 0.3 is 0 Å². The molecule has 3 rings (SSSR count). The highest BCUT2D eigenvalue weighted by atomic mass is 32.2. The summed E-state index contributed by atoms with van der Waals surface area (Å²) >= 11 is 0. The lowest BCUT2D eigenvalue weighted by atomic mass is 10.0. The minimum absolute atomic E-state index is 0.00623. The molecule has 0 fully saturated rings. The van der Waals surface area contributed by atoms with Crippen molar-refractivity contribution in [2.45, 2.75) is 49.6 Å². The van der Waals surface area contributed by atoms with Gasteiger partial charge in [-0.2, -0.15) is 16.8 Å². The summed E-state index contributed by atoms with van der Waals surface area (Å²) in [6.45, 7) is 7.99. The average molecular weight is 479 g/mol. The van der Waals surface area contributed by atoms with E-state index in [1.807, 2.05) is 45.0 Å². The van der Waals surface area contributed by atoms with Crippen LogP contribution in [0.1, 0.15) is 31.9 Å². The molecule has 172 valence electrons. The van der Waals surface area contributed by atoms with Crippen LogP contribution in [0.25, 0.3) is 10.8 Å². The van der Waals surface area contributed by atoms with Crippen molar-refractivity contribution >= 4 is 42.4 Å². The second-order valence-corrected chi connectivity index (χ2v) is 11.5. The van der Waals surface area contributed by atoms with E-state index in [4.69, 9.17) is 0 Å². The first-order chi connectivity index (χ1) is 14.6. The van der Waals surface area contributed by atoms with Gasteiger partial charge in [0.05, 0.1) is 0 Å². The predicted molar refractivity (Wildman–Crippen MR) is 125 cm³/mol. The second-order valence-electron chi connectivity index (χ2n) is 8.68. The Morgan fingerprint density at radius 2 is 1.53 bits per heavy atom. The number of aryl methyl sites for hydroxylation is 1. The molecule has 0 unspecified atom stereocenters. The Hall–Kier alpha value is -2.66. The largest absolute Gasteiger partial charge is 0.380 e. The first kappa shape index (κ1) is 24.0. The lowest BCUT2D eigenvalue weighted by Crippen LogP contribution is -2.26. The fourth-order valence-corrected chi connectivity index (χ4v) is 5.01. The predicted octanol–water partition coefficient (Wildman–Crippen LogP) is 4.46. The first-order valence-corrected chi connectivity index (χ1v) is 12.7. The molecule has 3 aromatic carbocycles. The molecule has 3 aromatic rings. The molecule has 0 atom stereocenters. The molecule has 0 aliphatic carbocycles. The molecule has 0 saturated heterocycles. The minimum Gasteiger partial charge on any atom is -0.380 e. The molecule has 8 nitrogen and oxygen atoms in total. The zero-order valence-electron chi connectivity index (χ0n) is 18.2. The van der Waals surface area contributed by atoms with Crippen molar-refractivity contribution in [2.75, 3.05) is 10.6 Å². The number of anilines is 2. The summed E-state index contributed by atoms with van der Waals surface area (Å²) in [6.07, 6.45) is 0. The summed E-state index contributed by atoms with van der Waals surface area (Å²) in [5.41, 5.74) is 2.39. The molecule has 32 heavy (non-hydrogen) atoms. The highest BCUT2D eigenvalue weighted by Gasteiger charge is 2.23. The third kappa shape index (κ3) is 5.57. The number of fused-ring (bicyclic) bond motifs is 1. The molecule has 0 amide bonds. The van der Waals surface area contributed by atoms with Gasteiger partial charge in [-0.3, -0.25) is 9.11 Å². The topological polar surface area (TPSA) is 133 Å². The Labute approximate surface area is 188 Å². The van der Waals surface area contributed by atoms with E-state index in [0.29, 0.717) is 17.8 Å². The van der Waals surface area contributed by atoms with Crippen LogP contribution in [-0.2, 0) is 26.8 Å². The molecule has 0 spiro atoms. The van der Waals surface area contributed by atoms with Crippen LogP contribution < -0.4 is 10.6 Å². The summed E-state index contributed by atoms with van der Waals surface area (Å²) in [6, 6.07) is 12.9. The van der Waals surface area contributed by atoms with E-state index < -0.39 is 30.0 Å². The Morgan fingerprint density at radius 1 is 0.875 bits per heavy atom. The highest BCUT2D eigenvalue weighted by Crippen LogP contribution is 2.36. The summed E-state index contributed by atoms with van der Waals surface area (Å²) < 4.78 is 67.3. The minimum atomic E-state index is -4.67. The summed E-state index contributed by atoms with van der Waals surface area (Å²) in [4.78, 5) is -0.883. The maximum absolute atomic E-state index is 12.1. The van der Waals surface area contributed by atoms with Crippen LogP contribution in [0.4, 0.5) is 11.4 Å². The van der Waals surface area contributed by atoms with Crippen LogP contribution in [0.5, 0.6) is 0 Å². The SMILES string of the molecule is Cc1cc(S(=O)(=O)O)c2c(NCc3cccc(NC(C)(C)C)c3)ccc(S(=O)(=O)O)c2c1. The molecule has 0 bridgehead atoms. The van der Waals surface area contributed by atoms with Gasteiger partial charge in [0.15, 0.2) is 0 Å². The molecule has 10 heteroatoms. The molecular formula is C22H26N2O6S2. The van der Waals surface area contributed by atoms with Crippen LogP contribution in [0.3, 0.4) is 0 Å². The average Bonchev–Trinajstić information content (AvgIpc) is 2.62. The van der Waals surface area contributed by atoms with Crippen molar-refractivity contribution in [1.82, 2.24) is 0 Å². The number of hydrogen-bond donors (Lipinski definition) is 4. The molecule has 0 aliphatic rings. The van der Waals surface area contributed by atoms with Crippen LogP contribution in [0.15, 0.2) is 58.3 Å². The van der Waals surface area contributed by atoms with Gasteiger partial charge in [-0.25, -0.2) is 0 Å². The van der Waals surface area contributed by atoms with Gasteiger partial charge in [0.25, 0.3) is 20.2 Å².